The minimum atomic E-state index is -0.265. The molecule has 5 heteroatoms. The molecule has 1 rings (SSSR count). The fraction of sp³-hybridized carbons (Fsp3) is 0.500. The van der Waals surface area contributed by atoms with Gasteiger partial charge in [-0.05, 0) is 43.5 Å². The Bertz CT molecular complexity index is 497. The fourth-order valence-corrected chi connectivity index (χ4v) is 2.32. The maximum Gasteiger partial charge on any atom is 0.233 e. The van der Waals surface area contributed by atoms with Crippen molar-refractivity contribution in [2.45, 2.75) is 40.0 Å². The van der Waals surface area contributed by atoms with Crippen LogP contribution in [0, 0.1) is 6.92 Å². The van der Waals surface area contributed by atoms with Crippen LogP contribution in [0.1, 0.15) is 38.7 Å². The summed E-state index contributed by atoms with van der Waals surface area (Å²) in [4.78, 5) is 25.8. The third kappa shape index (κ3) is 5.87. The molecule has 1 aromatic rings. The first kappa shape index (κ1) is 17.7. The maximum absolute atomic E-state index is 12.1. The van der Waals surface area contributed by atoms with E-state index in [1.54, 1.807) is 4.90 Å². The third-order valence-corrected chi connectivity index (χ3v) is 3.98. The van der Waals surface area contributed by atoms with Gasteiger partial charge in [0, 0.05) is 23.2 Å². The summed E-state index contributed by atoms with van der Waals surface area (Å²) in [6, 6.07) is 5.57. The lowest BCUT2D eigenvalue weighted by Crippen LogP contribution is -2.35. The first-order chi connectivity index (χ1) is 9.97. The van der Waals surface area contributed by atoms with Crippen LogP contribution in [0.5, 0.6) is 0 Å². The van der Waals surface area contributed by atoms with Crippen LogP contribution in [0.15, 0.2) is 22.7 Å². The second kappa shape index (κ2) is 8.82. The van der Waals surface area contributed by atoms with Crippen LogP contribution in [-0.4, -0.2) is 29.8 Å². The standard InChI is InChI=1S/C16H23BrN2O2/c1-4-8-19(9-5-2)16(21)11-15(20)18-13-6-7-14(17)12(3)10-13/h6-7,10H,4-5,8-9,11H2,1-3H3,(H,18,20). The molecule has 0 aliphatic rings. The number of rotatable bonds is 7. The van der Waals surface area contributed by atoms with Gasteiger partial charge in [-0.1, -0.05) is 29.8 Å². The van der Waals surface area contributed by atoms with Crippen molar-refractivity contribution in [1.82, 2.24) is 4.90 Å². The summed E-state index contributed by atoms with van der Waals surface area (Å²) in [5.74, 6) is -0.371. The number of anilines is 1. The molecule has 0 saturated heterocycles. The average molecular weight is 355 g/mol. The van der Waals surface area contributed by atoms with Crippen LogP contribution in [0.25, 0.3) is 0 Å². The zero-order chi connectivity index (χ0) is 15.8. The Labute approximate surface area is 135 Å². The van der Waals surface area contributed by atoms with Gasteiger partial charge in [0.2, 0.25) is 11.8 Å². The third-order valence-electron chi connectivity index (χ3n) is 3.09. The first-order valence-electron chi connectivity index (χ1n) is 7.31. The Balaban J connectivity index is 2.59. The van der Waals surface area contributed by atoms with E-state index in [-0.39, 0.29) is 18.2 Å². The number of benzene rings is 1. The first-order valence-corrected chi connectivity index (χ1v) is 8.11. The Kier molecular flexibility index (Phi) is 7.43. The van der Waals surface area contributed by atoms with Crippen molar-refractivity contribution < 1.29 is 9.59 Å². The van der Waals surface area contributed by atoms with Crippen LogP contribution in [0.4, 0.5) is 5.69 Å². The van der Waals surface area contributed by atoms with Gasteiger partial charge in [0.25, 0.3) is 0 Å². The predicted octanol–water partition coefficient (Wildman–Crippen LogP) is 3.73. The van der Waals surface area contributed by atoms with Crippen LogP contribution in [0.2, 0.25) is 0 Å². The zero-order valence-corrected chi connectivity index (χ0v) is 14.5. The van der Waals surface area contributed by atoms with Gasteiger partial charge in [-0.25, -0.2) is 0 Å². The molecule has 1 aromatic carbocycles. The van der Waals surface area contributed by atoms with Crippen LogP contribution < -0.4 is 5.32 Å². The Morgan fingerprint density at radius 1 is 1.19 bits per heavy atom. The summed E-state index contributed by atoms with van der Waals surface area (Å²) in [7, 11) is 0. The summed E-state index contributed by atoms with van der Waals surface area (Å²) in [6.07, 6.45) is 1.70. The van der Waals surface area contributed by atoms with Crippen LogP contribution in [-0.2, 0) is 9.59 Å². The number of nitrogens with zero attached hydrogens (tertiary/aromatic N) is 1. The maximum atomic E-state index is 12.1. The summed E-state index contributed by atoms with van der Waals surface area (Å²) in [6.45, 7) is 7.42. The quantitative estimate of drug-likeness (QED) is 0.758. The van der Waals surface area contributed by atoms with E-state index >= 15 is 0 Å². The van der Waals surface area contributed by atoms with Crippen molar-refractivity contribution in [1.29, 1.82) is 0 Å². The highest BCUT2D eigenvalue weighted by molar-refractivity contribution is 9.10. The lowest BCUT2D eigenvalue weighted by atomic mass is 10.2. The highest BCUT2D eigenvalue weighted by Crippen LogP contribution is 2.20. The summed E-state index contributed by atoms with van der Waals surface area (Å²) < 4.78 is 0.994. The molecule has 0 spiro atoms. The molecular formula is C16H23BrN2O2. The topological polar surface area (TPSA) is 49.4 Å². The molecule has 0 saturated carbocycles. The largest absolute Gasteiger partial charge is 0.342 e. The molecule has 21 heavy (non-hydrogen) atoms. The van der Waals surface area contributed by atoms with Crippen LogP contribution in [0.3, 0.4) is 0 Å². The lowest BCUT2D eigenvalue weighted by Gasteiger charge is -2.21. The second-order valence-corrected chi connectivity index (χ2v) is 5.92. The molecule has 0 aliphatic heterocycles. The minimum absolute atomic E-state index is 0.102. The number of carbonyl (C=O) groups excluding carboxylic acids is 2. The summed E-state index contributed by atoms with van der Waals surface area (Å²) in [5.41, 5.74) is 1.75. The number of halogens is 1. The number of aryl methyl sites for hydroxylation is 1. The van der Waals surface area contributed by atoms with Gasteiger partial charge >= 0.3 is 0 Å². The lowest BCUT2D eigenvalue weighted by molar-refractivity contribution is -0.134. The molecule has 0 atom stereocenters. The Morgan fingerprint density at radius 2 is 1.81 bits per heavy atom. The van der Waals surface area contributed by atoms with Gasteiger partial charge in [0.1, 0.15) is 6.42 Å². The Hall–Kier alpha value is -1.36. The number of hydrogen-bond donors (Lipinski definition) is 1. The predicted molar refractivity (Wildman–Crippen MR) is 89.3 cm³/mol. The molecule has 0 fully saturated rings. The van der Waals surface area contributed by atoms with Crippen molar-refractivity contribution in [3.05, 3.63) is 28.2 Å². The highest BCUT2D eigenvalue weighted by Gasteiger charge is 2.16. The number of carbonyl (C=O) groups is 2. The van der Waals surface area contributed by atoms with E-state index in [1.807, 2.05) is 39.0 Å². The van der Waals surface area contributed by atoms with Crippen molar-refractivity contribution in [2.75, 3.05) is 18.4 Å². The van der Waals surface area contributed by atoms with E-state index in [1.165, 1.54) is 0 Å². The van der Waals surface area contributed by atoms with Gasteiger partial charge in [0.05, 0.1) is 0 Å². The normalized spacial score (nSPS) is 10.3. The summed E-state index contributed by atoms with van der Waals surface area (Å²) >= 11 is 3.42. The minimum Gasteiger partial charge on any atom is -0.342 e. The SMILES string of the molecule is CCCN(CCC)C(=O)CC(=O)Nc1ccc(Br)c(C)c1. The fourth-order valence-electron chi connectivity index (χ4n) is 2.08. The monoisotopic (exact) mass is 354 g/mol. The van der Waals surface area contributed by atoms with E-state index in [0.717, 1.165) is 22.9 Å². The number of hydrogen-bond acceptors (Lipinski definition) is 2. The van der Waals surface area contributed by atoms with Gasteiger partial charge in [-0.3, -0.25) is 9.59 Å². The molecule has 1 N–H and O–H groups in total. The summed E-state index contributed by atoms with van der Waals surface area (Å²) in [5, 5.41) is 2.77. The molecule has 2 amide bonds. The van der Waals surface area contributed by atoms with Gasteiger partial charge in [-0.2, -0.15) is 0 Å². The van der Waals surface area contributed by atoms with E-state index in [9.17, 15) is 9.59 Å². The smallest absolute Gasteiger partial charge is 0.233 e. The number of amides is 2. The molecule has 116 valence electrons. The van der Waals surface area contributed by atoms with Gasteiger partial charge in [0.15, 0.2) is 0 Å². The molecule has 4 nitrogen and oxygen atoms in total. The molecule has 0 bridgehead atoms. The van der Waals surface area contributed by atoms with E-state index in [0.29, 0.717) is 18.8 Å². The zero-order valence-electron chi connectivity index (χ0n) is 12.9. The van der Waals surface area contributed by atoms with Crippen LogP contribution >= 0.6 is 15.9 Å². The number of nitrogens with one attached hydrogen (secondary N) is 1. The van der Waals surface area contributed by atoms with E-state index in [2.05, 4.69) is 21.2 Å². The van der Waals surface area contributed by atoms with Crippen molar-refractivity contribution in [2.24, 2.45) is 0 Å². The second-order valence-electron chi connectivity index (χ2n) is 5.07. The van der Waals surface area contributed by atoms with Gasteiger partial charge < -0.3 is 10.2 Å². The van der Waals surface area contributed by atoms with E-state index < -0.39 is 0 Å². The molecule has 0 radical (unpaired) electrons. The molecular weight excluding hydrogens is 332 g/mol. The average Bonchev–Trinajstić information content (AvgIpc) is 2.42. The molecule has 0 unspecified atom stereocenters. The molecule has 0 aromatic heterocycles. The molecule has 0 aliphatic carbocycles. The van der Waals surface area contributed by atoms with E-state index in [4.69, 9.17) is 0 Å². The van der Waals surface area contributed by atoms with Crippen molar-refractivity contribution in [3.63, 3.8) is 0 Å². The van der Waals surface area contributed by atoms with Crippen molar-refractivity contribution >= 4 is 33.4 Å². The van der Waals surface area contributed by atoms with Crippen molar-refractivity contribution in [3.8, 4) is 0 Å². The molecule has 0 heterocycles. The van der Waals surface area contributed by atoms with Gasteiger partial charge in [-0.15, -0.1) is 0 Å². The highest BCUT2D eigenvalue weighted by atomic mass is 79.9. The Morgan fingerprint density at radius 3 is 2.33 bits per heavy atom.